The number of rotatable bonds is 7. The summed E-state index contributed by atoms with van der Waals surface area (Å²) in [5.74, 6) is -0.160. The fourth-order valence-electron chi connectivity index (χ4n) is 2.03. The number of furan rings is 1. The van der Waals surface area contributed by atoms with Crippen LogP contribution in [-0.4, -0.2) is 29.1 Å². The van der Waals surface area contributed by atoms with E-state index in [-0.39, 0.29) is 42.9 Å². The summed E-state index contributed by atoms with van der Waals surface area (Å²) in [6.07, 6.45) is 1.56. The quantitative estimate of drug-likeness (QED) is 0.777. The molecule has 0 bridgehead atoms. The van der Waals surface area contributed by atoms with E-state index in [4.69, 9.17) is 9.15 Å². The second kappa shape index (κ2) is 8.14. The number of aromatic nitrogens is 1. The third-order valence-corrected chi connectivity index (χ3v) is 3.09. The molecule has 0 radical (unpaired) electrons. The minimum Gasteiger partial charge on any atom is -0.463 e. The Labute approximate surface area is 139 Å². The molecule has 7 heteroatoms. The van der Waals surface area contributed by atoms with Gasteiger partial charge in [-0.05, 0) is 32.0 Å². The van der Waals surface area contributed by atoms with Gasteiger partial charge in [0.15, 0.2) is 5.76 Å². The largest absolute Gasteiger partial charge is 0.463 e. The third kappa shape index (κ3) is 5.12. The van der Waals surface area contributed by atoms with Crippen LogP contribution in [0.25, 0.3) is 0 Å². The number of hydrogen-bond donors (Lipinski definition) is 1. The van der Waals surface area contributed by atoms with Crippen LogP contribution in [0, 0.1) is 0 Å². The van der Waals surface area contributed by atoms with Crippen LogP contribution in [0.2, 0.25) is 0 Å². The van der Waals surface area contributed by atoms with Crippen LogP contribution in [0.5, 0.6) is 0 Å². The number of pyridine rings is 1. The van der Waals surface area contributed by atoms with E-state index < -0.39 is 5.91 Å². The zero-order valence-electron chi connectivity index (χ0n) is 13.7. The molecular formula is C17H20N2O5. The molecule has 2 rings (SSSR count). The number of esters is 1. The minimum atomic E-state index is -0.418. The molecule has 0 aliphatic carbocycles. The van der Waals surface area contributed by atoms with Crippen LogP contribution in [0.15, 0.2) is 45.7 Å². The van der Waals surface area contributed by atoms with Crippen molar-refractivity contribution in [1.82, 2.24) is 9.88 Å². The number of hydrogen-bond acceptors (Lipinski definition) is 5. The summed E-state index contributed by atoms with van der Waals surface area (Å²) in [5.41, 5.74) is -0.149. The predicted molar refractivity (Wildman–Crippen MR) is 86.7 cm³/mol. The van der Waals surface area contributed by atoms with Crippen molar-refractivity contribution in [1.29, 1.82) is 0 Å². The van der Waals surface area contributed by atoms with Crippen molar-refractivity contribution < 1.29 is 18.7 Å². The van der Waals surface area contributed by atoms with Gasteiger partial charge in [0.25, 0.3) is 11.5 Å². The monoisotopic (exact) mass is 332 g/mol. The molecule has 0 saturated heterocycles. The minimum absolute atomic E-state index is 0.0941. The molecular weight excluding hydrogens is 312 g/mol. The predicted octanol–water partition coefficient (Wildman–Crippen LogP) is 1.56. The molecule has 0 saturated carbocycles. The Morgan fingerprint density at radius 2 is 2.04 bits per heavy atom. The van der Waals surface area contributed by atoms with Gasteiger partial charge < -0.3 is 19.0 Å². The molecule has 24 heavy (non-hydrogen) atoms. The summed E-state index contributed by atoms with van der Waals surface area (Å²) >= 11 is 0. The van der Waals surface area contributed by atoms with E-state index in [9.17, 15) is 14.4 Å². The van der Waals surface area contributed by atoms with Crippen molar-refractivity contribution in [2.45, 2.75) is 32.9 Å². The first-order chi connectivity index (χ1) is 11.5. The zero-order chi connectivity index (χ0) is 17.5. The zero-order valence-corrected chi connectivity index (χ0v) is 13.7. The number of amides is 1. The van der Waals surface area contributed by atoms with E-state index in [0.29, 0.717) is 5.76 Å². The van der Waals surface area contributed by atoms with Crippen molar-refractivity contribution in [2.75, 3.05) is 6.54 Å². The van der Waals surface area contributed by atoms with Crippen LogP contribution in [-0.2, 0) is 16.1 Å². The molecule has 1 N–H and O–H groups in total. The molecule has 2 aromatic heterocycles. The highest BCUT2D eigenvalue weighted by molar-refractivity contribution is 5.91. The summed E-state index contributed by atoms with van der Waals surface area (Å²) in [6, 6.07) is 8.03. The van der Waals surface area contributed by atoms with Gasteiger partial charge in [0.1, 0.15) is 5.76 Å². The molecule has 0 atom stereocenters. The summed E-state index contributed by atoms with van der Waals surface area (Å²) in [6.45, 7) is 3.93. The first-order valence-electron chi connectivity index (χ1n) is 7.67. The molecule has 2 aromatic rings. The van der Waals surface area contributed by atoms with Gasteiger partial charge in [-0.2, -0.15) is 0 Å². The summed E-state index contributed by atoms with van der Waals surface area (Å²) in [5, 5.41) is 2.59. The van der Waals surface area contributed by atoms with Crippen molar-refractivity contribution >= 4 is 11.9 Å². The highest BCUT2D eigenvalue weighted by Gasteiger charge is 2.12. The van der Waals surface area contributed by atoms with Crippen LogP contribution < -0.4 is 10.9 Å². The van der Waals surface area contributed by atoms with Gasteiger partial charge in [-0.15, -0.1) is 0 Å². The number of nitrogens with one attached hydrogen (secondary N) is 1. The third-order valence-electron chi connectivity index (χ3n) is 3.09. The van der Waals surface area contributed by atoms with Gasteiger partial charge in [-0.3, -0.25) is 14.4 Å². The van der Waals surface area contributed by atoms with E-state index in [1.807, 2.05) is 0 Å². The van der Waals surface area contributed by atoms with E-state index in [0.717, 1.165) is 0 Å². The highest BCUT2D eigenvalue weighted by atomic mass is 16.5. The maximum Gasteiger partial charge on any atom is 0.307 e. The van der Waals surface area contributed by atoms with Gasteiger partial charge in [-0.25, -0.2) is 0 Å². The molecule has 0 spiro atoms. The first kappa shape index (κ1) is 17.5. The van der Waals surface area contributed by atoms with Crippen LogP contribution in [0.4, 0.5) is 0 Å². The van der Waals surface area contributed by atoms with Crippen LogP contribution >= 0.6 is 0 Å². The highest BCUT2D eigenvalue weighted by Crippen LogP contribution is 2.09. The van der Waals surface area contributed by atoms with Crippen LogP contribution in [0.1, 0.15) is 36.6 Å². The molecule has 0 fully saturated rings. The summed E-state index contributed by atoms with van der Waals surface area (Å²) in [7, 11) is 0. The summed E-state index contributed by atoms with van der Waals surface area (Å²) < 4.78 is 11.9. The topological polar surface area (TPSA) is 90.5 Å². The number of carbonyl (C=O) groups excluding carboxylic acids is 2. The van der Waals surface area contributed by atoms with Gasteiger partial charge in [0.05, 0.1) is 19.1 Å². The average Bonchev–Trinajstić information content (AvgIpc) is 2.97. The Kier molecular flexibility index (Phi) is 5.95. The fourth-order valence-corrected chi connectivity index (χ4v) is 2.03. The van der Waals surface area contributed by atoms with Crippen molar-refractivity contribution in [3.8, 4) is 0 Å². The van der Waals surface area contributed by atoms with E-state index in [1.165, 1.54) is 16.7 Å². The molecule has 0 aliphatic rings. The molecule has 1 amide bonds. The summed E-state index contributed by atoms with van der Waals surface area (Å²) in [4.78, 5) is 35.0. The Balaban J connectivity index is 1.86. The lowest BCUT2D eigenvalue weighted by molar-refractivity contribution is -0.147. The second-order valence-corrected chi connectivity index (χ2v) is 5.48. The molecule has 0 aliphatic heterocycles. The second-order valence-electron chi connectivity index (χ2n) is 5.48. The van der Waals surface area contributed by atoms with Crippen molar-refractivity contribution in [2.24, 2.45) is 0 Å². The lowest BCUT2D eigenvalue weighted by atomic mass is 10.3. The average molecular weight is 332 g/mol. The number of nitrogens with zero attached hydrogens (tertiary/aromatic N) is 1. The molecule has 128 valence electrons. The normalized spacial score (nSPS) is 10.6. The number of carbonyl (C=O) groups is 2. The van der Waals surface area contributed by atoms with E-state index >= 15 is 0 Å². The van der Waals surface area contributed by atoms with Crippen molar-refractivity contribution in [3.63, 3.8) is 0 Å². The maximum absolute atomic E-state index is 12.0. The van der Waals surface area contributed by atoms with Gasteiger partial charge in [-0.1, -0.05) is 6.07 Å². The fraction of sp³-hybridized carbons (Fsp3) is 0.353. The lowest BCUT2D eigenvalue weighted by Crippen LogP contribution is -2.26. The molecule has 0 unspecified atom stereocenters. The van der Waals surface area contributed by atoms with Gasteiger partial charge in [0, 0.05) is 18.8 Å². The number of ether oxygens (including phenoxy) is 1. The van der Waals surface area contributed by atoms with Crippen LogP contribution in [0.3, 0.4) is 0 Å². The Bertz CT molecular complexity index is 760. The van der Waals surface area contributed by atoms with Crippen molar-refractivity contribution in [3.05, 3.63) is 58.4 Å². The van der Waals surface area contributed by atoms with E-state index in [2.05, 4.69) is 5.32 Å². The smallest absolute Gasteiger partial charge is 0.307 e. The maximum atomic E-state index is 12.0. The molecule has 0 aromatic carbocycles. The Morgan fingerprint density at radius 1 is 1.25 bits per heavy atom. The Hall–Kier alpha value is -2.83. The van der Waals surface area contributed by atoms with E-state index in [1.54, 1.807) is 38.2 Å². The Morgan fingerprint density at radius 3 is 2.75 bits per heavy atom. The SMILES string of the molecule is CC(C)OC(=O)CCNC(=O)c1ccc(Cn2ccccc2=O)o1. The van der Waals surface area contributed by atoms with Gasteiger partial charge >= 0.3 is 5.97 Å². The molecule has 2 heterocycles. The lowest BCUT2D eigenvalue weighted by Gasteiger charge is -2.07. The molecule has 7 nitrogen and oxygen atoms in total. The first-order valence-corrected chi connectivity index (χ1v) is 7.67. The standard InChI is InChI=1S/C17H20N2O5/c1-12(2)23-16(21)8-9-18-17(22)14-7-6-13(24-14)11-19-10-4-3-5-15(19)20/h3-7,10,12H,8-9,11H2,1-2H3,(H,18,22). The van der Waals surface area contributed by atoms with Gasteiger partial charge in [0.2, 0.25) is 0 Å².